The van der Waals surface area contributed by atoms with Crippen molar-refractivity contribution in [3.05, 3.63) is 145 Å². The number of nitrogens with zero attached hydrogens (tertiary/aromatic N) is 2. The molecule has 0 aliphatic carbocycles. The second kappa shape index (κ2) is 9.46. The van der Waals surface area contributed by atoms with E-state index in [-0.39, 0.29) is 28.2 Å². The summed E-state index contributed by atoms with van der Waals surface area (Å²) in [4.78, 5) is 4.47. The van der Waals surface area contributed by atoms with Crippen LogP contribution in [-0.4, -0.2) is 9.55 Å². The van der Waals surface area contributed by atoms with Gasteiger partial charge >= 0.3 is 0 Å². The van der Waals surface area contributed by atoms with Crippen molar-refractivity contribution in [2.45, 2.75) is 13.2 Å². The molecule has 0 aliphatic rings. The zero-order valence-corrected chi connectivity index (χ0v) is 21.6. The molecule has 0 bridgehead atoms. The Morgan fingerprint density at radius 2 is 1.37 bits per heavy atom. The molecule has 0 fully saturated rings. The van der Waals surface area contributed by atoms with E-state index >= 15 is 0 Å². The smallest absolute Gasteiger partial charge is 0.114 e. The van der Waals surface area contributed by atoms with Crippen LogP contribution in [-0.2, 0) is 6.37 Å². The summed E-state index contributed by atoms with van der Waals surface area (Å²) in [6, 6.07) is 26.1. The van der Waals surface area contributed by atoms with Gasteiger partial charge in [-0.15, -0.1) is 0 Å². The van der Waals surface area contributed by atoms with Gasteiger partial charge in [0.05, 0.1) is 20.6 Å². The lowest BCUT2D eigenvalue weighted by molar-refractivity contribution is 0.908. The Hall–Kier alpha value is -5.21. The number of fused-ring (bicyclic) bond motifs is 4. The topological polar surface area (TPSA) is 17.8 Å². The SMILES string of the molecule is [2H]c1c([2H])c([2H])c2c(-c3c4ccccc4c(-c4cccc(-n5c(C([2H])([2H])C([2H])([2H])[2H])nc6ccccc65)c4)c4ccccc34)c([2H])c([2H])c([2H])c2c1[2H]. The number of hydrogen-bond donors (Lipinski definition) is 0. The van der Waals surface area contributed by atoms with Crippen molar-refractivity contribution in [3.63, 3.8) is 0 Å². The second-order valence-corrected chi connectivity index (χ2v) is 9.78. The number of aromatic nitrogens is 2. The summed E-state index contributed by atoms with van der Waals surface area (Å²) < 4.78 is 104. The minimum atomic E-state index is -3.01. The number of rotatable bonds is 4. The van der Waals surface area contributed by atoms with E-state index in [1.54, 1.807) is 36.4 Å². The molecule has 41 heavy (non-hydrogen) atoms. The predicted molar refractivity (Wildman–Crippen MR) is 174 cm³/mol. The number of imidazole rings is 1. The van der Waals surface area contributed by atoms with Crippen molar-refractivity contribution in [2.75, 3.05) is 0 Å². The molecule has 2 nitrogen and oxygen atoms in total. The Balaban J connectivity index is 1.48. The molecular weight excluding hydrogens is 496 g/mol. The van der Waals surface area contributed by atoms with Crippen LogP contribution in [0.4, 0.5) is 0 Å². The van der Waals surface area contributed by atoms with Crippen molar-refractivity contribution in [2.24, 2.45) is 0 Å². The highest BCUT2D eigenvalue weighted by molar-refractivity contribution is 6.23. The molecule has 0 radical (unpaired) electrons. The Morgan fingerprint density at radius 3 is 2.15 bits per heavy atom. The van der Waals surface area contributed by atoms with Crippen LogP contribution < -0.4 is 0 Å². The maximum absolute atomic E-state index is 9.16. The Morgan fingerprint density at radius 1 is 0.683 bits per heavy atom. The first kappa shape index (κ1) is 14.4. The third-order valence-corrected chi connectivity index (χ3v) is 7.56. The molecule has 194 valence electrons. The normalized spacial score (nSPS) is 16.5. The first-order valence-electron chi connectivity index (χ1n) is 19.2. The first-order chi connectivity index (χ1) is 25.1. The minimum Gasteiger partial charge on any atom is -0.296 e. The zero-order chi connectivity index (χ0) is 37.7. The fraction of sp³-hybridized carbons (Fsp3) is 0.0513. The molecule has 0 saturated heterocycles. The lowest BCUT2D eigenvalue weighted by Gasteiger charge is -2.19. The molecule has 0 N–H and O–H groups in total. The van der Waals surface area contributed by atoms with Gasteiger partial charge in [0, 0.05) is 18.9 Å². The van der Waals surface area contributed by atoms with Gasteiger partial charge in [0.2, 0.25) is 0 Å². The number of benzene rings is 7. The summed E-state index contributed by atoms with van der Waals surface area (Å²) in [6.07, 6.45) is -2.79. The van der Waals surface area contributed by atoms with Crippen LogP contribution in [0.3, 0.4) is 0 Å². The molecular formula is C39H28N2. The van der Waals surface area contributed by atoms with E-state index in [0.717, 1.165) is 16.3 Å². The van der Waals surface area contributed by atoms with Gasteiger partial charge in [0.15, 0.2) is 0 Å². The van der Waals surface area contributed by atoms with E-state index in [1.807, 2.05) is 60.7 Å². The molecule has 0 spiro atoms. The first-order valence-corrected chi connectivity index (χ1v) is 13.2. The summed E-state index contributed by atoms with van der Waals surface area (Å²) in [5.41, 5.74) is 3.54. The van der Waals surface area contributed by atoms with E-state index in [9.17, 15) is 0 Å². The van der Waals surface area contributed by atoms with Crippen LogP contribution >= 0.6 is 0 Å². The average Bonchev–Trinajstić information content (AvgIpc) is 3.55. The maximum atomic E-state index is 9.16. The lowest BCUT2D eigenvalue weighted by Crippen LogP contribution is -2.00. The summed E-state index contributed by atoms with van der Waals surface area (Å²) in [5.74, 6) is -0.260. The summed E-state index contributed by atoms with van der Waals surface area (Å²) >= 11 is 0. The standard InChI is InChI=1S/C39H28N2/c1-2-37-40-35-23-9-10-24-36(35)41(37)28-16-11-15-27(25-28)38-31-18-5-7-20-33(31)39(34-21-8-6-19-32(34)38)30-22-12-14-26-13-3-4-17-29(26)30/h3-25H,2H2,1H3/i1D3,2D2,3D,4D,12D,13D,14D,17D,22D. The van der Waals surface area contributed by atoms with Crippen molar-refractivity contribution in [1.82, 2.24) is 9.55 Å². The van der Waals surface area contributed by atoms with Crippen LogP contribution in [0.15, 0.2) is 139 Å². The molecule has 0 amide bonds. The van der Waals surface area contributed by atoms with Gasteiger partial charge in [-0.2, -0.15) is 0 Å². The predicted octanol–water partition coefficient (Wildman–Crippen LogP) is 10.4. The second-order valence-electron chi connectivity index (χ2n) is 9.78. The van der Waals surface area contributed by atoms with Gasteiger partial charge in [-0.05, 0) is 78.8 Å². The zero-order valence-electron chi connectivity index (χ0n) is 33.6. The van der Waals surface area contributed by atoms with Gasteiger partial charge in [-0.25, -0.2) is 4.98 Å². The molecule has 0 atom stereocenters. The van der Waals surface area contributed by atoms with Crippen molar-refractivity contribution in [1.29, 1.82) is 0 Å². The summed E-state index contributed by atoms with van der Waals surface area (Å²) in [5, 5.41) is 2.59. The number of aryl methyl sites for hydroxylation is 1. The van der Waals surface area contributed by atoms with Crippen molar-refractivity contribution < 1.29 is 16.4 Å². The highest BCUT2D eigenvalue weighted by atomic mass is 15.1. The molecule has 8 rings (SSSR count). The van der Waals surface area contributed by atoms with Crippen LogP contribution in [0.5, 0.6) is 0 Å². The van der Waals surface area contributed by atoms with Crippen LogP contribution in [0.2, 0.25) is 0 Å². The van der Waals surface area contributed by atoms with E-state index in [4.69, 9.17) is 16.4 Å². The molecule has 7 aromatic carbocycles. The van der Waals surface area contributed by atoms with Crippen LogP contribution in [0.25, 0.3) is 71.3 Å². The summed E-state index contributed by atoms with van der Waals surface area (Å²) in [6.45, 7) is -3.01. The van der Waals surface area contributed by atoms with Crippen molar-refractivity contribution >= 4 is 43.4 Å². The molecule has 0 unspecified atom stereocenters. The van der Waals surface area contributed by atoms with Gasteiger partial charge in [-0.3, -0.25) is 4.57 Å². The highest BCUT2D eigenvalue weighted by Gasteiger charge is 2.18. The quantitative estimate of drug-likeness (QED) is 0.205. The fourth-order valence-electron chi connectivity index (χ4n) is 5.88. The largest absolute Gasteiger partial charge is 0.296 e. The average molecular weight is 537 g/mol. The molecule has 8 aromatic rings. The fourth-order valence-corrected chi connectivity index (χ4v) is 5.88. The van der Waals surface area contributed by atoms with E-state index in [1.165, 1.54) is 4.57 Å². The van der Waals surface area contributed by atoms with Crippen LogP contribution in [0, 0.1) is 0 Å². The Bertz CT molecular complexity index is 2770. The van der Waals surface area contributed by atoms with E-state index < -0.39 is 49.5 Å². The monoisotopic (exact) mass is 536 g/mol. The maximum Gasteiger partial charge on any atom is 0.114 e. The molecule has 1 heterocycles. The lowest BCUT2D eigenvalue weighted by atomic mass is 9.84. The highest BCUT2D eigenvalue weighted by Crippen LogP contribution is 2.45. The minimum absolute atomic E-state index is 0.00454. The summed E-state index contributed by atoms with van der Waals surface area (Å²) in [7, 11) is 0. The van der Waals surface area contributed by atoms with Gasteiger partial charge in [0.25, 0.3) is 0 Å². The molecule has 1 aromatic heterocycles. The Labute approximate surface area is 256 Å². The van der Waals surface area contributed by atoms with E-state index in [0.29, 0.717) is 38.6 Å². The van der Waals surface area contributed by atoms with E-state index in [2.05, 4.69) is 4.98 Å². The number of hydrogen-bond acceptors (Lipinski definition) is 1. The van der Waals surface area contributed by atoms with Crippen molar-refractivity contribution in [3.8, 4) is 27.9 Å². The number of para-hydroxylation sites is 2. The van der Waals surface area contributed by atoms with Gasteiger partial charge in [-0.1, -0.05) is 122 Å². The molecule has 2 heteroatoms. The third kappa shape index (κ3) is 3.68. The van der Waals surface area contributed by atoms with Crippen LogP contribution in [0.1, 0.15) is 29.1 Å². The molecule has 0 saturated carbocycles. The third-order valence-electron chi connectivity index (χ3n) is 7.56. The van der Waals surface area contributed by atoms with Gasteiger partial charge < -0.3 is 0 Å². The molecule has 0 aliphatic heterocycles. The van der Waals surface area contributed by atoms with Gasteiger partial charge in [0.1, 0.15) is 5.82 Å². The Kier molecular flexibility index (Phi) is 3.33.